The summed E-state index contributed by atoms with van der Waals surface area (Å²) in [6, 6.07) is 10.9. The van der Waals surface area contributed by atoms with Gasteiger partial charge in [-0.2, -0.15) is 0 Å². The normalized spacial score (nSPS) is 13.8. The summed E-state index contributed by atoms with van der Waals surface area (Å²) in [6.07, 6.45) is 0.247. The molecule has 7 heteroatoms. The number of hydrogen-bond acceptors (Lipinski definition) is 4. The molecule has 0 bridgehead atoms. The van der Waals surface area contributed by atoms with Gasteiger partial charge in [-0.15, -0.1) is 0 Å². The zero-order chi connectivity index (χ0) is 17.3. The lowest BCUT2D eigenvalue weighted by Gasteiger charge is -2.16. The van der Waals surface area contributed by atoms with Crippen molar-refractivity contribution in [2.24, 2.45) is 0 Å². The summed E-state index contributed by atoms with van der Waals surface area (Å²) in [7, 11) is 0. The van der Waals surface area contributed by atoms with Crippen LogP contribution in [0.25, 0.3) is 22.2 Å². The summed E-state index contributed by atoms with van der Waals surface area (Å²) >= 11 is -1.71. The predicted molar refractivity (Wildman–Crippen MR) is 87.5 cm³/mol. The summed E-state index contributed by atoms with van der Waals surface area (Å²) in [5.74, 6) is -1.53. The molecule has 3 rings (SSSR count). The second kappa shape index (κ2) is 6.62. The van der Waals surface area contributed by atoms with Gasteiger partial charge in [0.1, 0.15) is 11.5 Å². The summed E-state index contributed by atoms with van der Waals surface area (Å²) < 4.78 is 31.6. The molecule has 0 saturated carbocycles. The van der Waals surface area contributed by atoms with Gasteiger partial charge < -0.3 is 14.2 Å². The largest absolute Gasteiger partial charge is 0.611 e. The van der Waals surface area contributed by atoms with Crippen molar-refractivity contribution < 1.29 is 23.4 Å². The average Bonchev–Trinajstić information content (AvgIpc) is 2.98. The van der Waals surface area contributed by atoms with Crippen molar-refractivity contribution in [3.63, 3.8) is 0 Å². The molecule has 0 spiro atoms. The molecule has 2 unspecified atom stereocenters. The van der Waals surface area contributed by atoms with Gasteiger partial charge in [0.15, 0.2) is 10.5 Å². The molecule has 0 amide bonds. The van der Waals surface area contributed by atoms with E-state index in [1.165, 1.54) is 12.1 Å². The highest BCUT2D eigenvalue weighted by atomic mass is 32.2. The quantitative estimate of drug-likeness (QED) is 0.713. The van der Waals surface area contributed by atoms with Crippen molar-refractivity contribution in [1.82, 2.24) is 5.16 Å². The number of aliphatic carboxylic acids is 1. The van der Waals surface area contributed by atoms with Gasteiger partial charge in [-0.3, -0.25) is 0 Å². The van der Waals surface area contributed by atoms with E-state index in [2.05, 4.69) is 5.16 Å². The fraction of sp³-hybridized carbons (Fsp3) is 0.176. The zero-order valence-electron chi connectivity index (χ0n) is 12.7. The number of aromatic nitrogens is 1. The molecule has 3 aromatic rings. The molecule has 5 nitrogen and oxygen atoms in total. The van der Waals surface area contributed by atoms with Crippen LogP contribution in [0.5, 0.6) is 0 Å². The molecular weight excluding hydrogens is 333 g/mol. The molecule has 2 aromatic carbocycles. The number of rotatable bonds is 5. The van der Waals surface area contributed by atoms with E-state index in [0.717, 1.165) is 0 Å². The molecule has 2 atom stereocenters. The van der Waals surface area contributed by atoms with E-state index < -0.39 is 28.2 Å². The van der Waals surface area contributed by atoms with Gasteiger partial charge in [-0.25, -0.2) is 9.18 Å². The lowest BCUT2D eigenvalue weighted by molar-refractivity contribution is -0.136. The third-order valence-electron chi connectivity index (χ3n) is 3.71. The van der Waals surface area contributed by atoms with Crippen LogP contribution in [-0.2, 0) is 16.0 Å². The Morgan fingerprint density at radius 1 is 1.38 bits per heavy atom. The van der Waals surface area contributed by atoms with Crippen LogP contribution < -0.4 is 0 Å². The van der Waals surface area contributed by atoms with E-state index in [9.17, 15) is 13.7 Å². The van der Waals surface area contributed by atoms with E-state index in [0.29, 0.717) is 27.1 Å². The number of benzene rings is 2. The van der Waals surface area contributed by atoms with Gasteiger partial charge in [-0.05, 0) is 24.3 Å². The van der Waals surface area contributed by atoms with Crippen LogP contribution in [-0.4, -0.2) is 26.0 Å². The maximum Gasteiger partial charge on any atom is 0.357 e. The van der Waals surface area contributed by atoms with Crippen molar-refractivity contribution in [3.8, 4) is 11.3 Å². The summed E-state index contributed by atoms with van der Waals surface area (Å²) in [6.45, 7) is 1.67. The summed E-state index contributed by atoms with van der Waals surface area (Å²) in [4.78, 5) is 11.5. The lowest BCUT2D eigenvalue weighted by Crippen LogP contribution is -2.29. The van der Waals surface area contributed by atoms with Crippen molar-refractivity contribution >= 4 is 28.1 Å². The Balaban J connectivity index is 2.03. The number of nitrogens with zero attached hydrogens (tertiary/aromatic N) is 1. The molecule has 0 aliphatic heterocycles. The second-order valence-electron chi connectivity index (χ2n) is 5.20. The molecule has 0 aliphatic carbocycles. The minimum absolute atomic E-state index is 0.247. The summed E-state index contributed by atoms with van der Waals surface area (Å²) in [5.41, 5.74) is 0.993. The van der Waals surface area contributed by atoms with Gasteiger partial charge in [0.05, 0.1) is 5.39 Å². The van der Waals surface area contributed by atoms with Crippen molar-refractivity contribution in [2.75, 3.05) is 0 Å². The number of carboxylic acid groups (broad SMARTS) is 1. The van der Waals surface area contributed by atoms with Crippen LogP contribution >= 0.6 is 0 Å². The summed E-state index contributed by atoms with van der Waals surface area (Å²) in [5, 5.41) is 12.6. The van der Waals surface area contributed by atoms with E-state index in [1.54, 1.807) is 37.3 Å². The second-order valence-corrected chi connectivity index (χ2v) is 6.84. The van der Waals surface area contributed by atoms with Crippen LogP contribution in [0, 0.1) is 5.82 Å². The molecule has 0 fully saturated rings. The maximum atomic E-state index is 13.9. The Labute approximate surface area is 140 Å². The van der Waals surface area contributed by atoms with Crippen LogP contribution in [0.2, 0.25) is 0 Å². The SMILES string of the molecule is CCC(C(=O)O)[S+]([O-])c1ccc2c(-c3ccccc3F)noc2c1. The fourth-order valence-electron chi connectivity index (χ4n) is 2.47. The first kappa shape index (κ1) is 16.5. The highest BCUT2D eigenvalue weighted by Gasteiger charge is 2.31. The smallest absolute Gasteiger partial charge is 0.357 e. The number of fused-ring (bicyclic) bond motifs is 1. The maximum absolute atomic E-state index is 13.9. The fourth-order valence-corrected chi connectivity index (χ4v) is 3.71. The number of carboxylic acids is 1. The highest BCUT2D eigenvalue weighted by molar-refractivity contribution is 7.92. The van der Waals surface area contributed by atoms with Crippen molar-refractivity contribution in [3.05, 3.63) is 48.3 Å². The zero-order valence-corrected chi connectivity index (χ0v) is 13.5. The Morgan fingerprint density at radius 3 is 2.79 bits per heavy atom. The van der Waals surface area contributed by atoms with Gasteiger partial charge in [-0.1, -0.05) is 24.2 Å². The van der Waals surface area contributed by atoms with Crippen LogP contribution in [0.4, 0.5) is 4.39 Å². The molecular formula is C17H14FNO4S. The van der Waals surface area contributed by atoms with Gasteiger partial charge in [0.25, 0.3) is 0 Å². The van der Waals surface area contributed by atoms with Gasteiger partial charge >= 0.3 is 5.97 Å². The standard InChI is InChI=1S/C17H14FNO4S/c1-2-15(17(20)21)24(22)10-7-8-12-14(9-10)23-19-16(12)11-5-3-4-6-13(11)18/h3-9,15H,2H2,1H3,(H,20,21). The first-order valence-corrected chi connectivity index (χ1v) is 8.52. The Bertz CT molecular complexity index is 895. The van der Waals surface area contributed by atoms with E-state index in [1.807, 2.05) is 0 Å². The monoisotopic (exact) mass is 347 g/mol. The van der Waals surface area contributed by atoms with Crippen LogP contribution in [0.15, 0.2) is 51.9 Å². The predicted octanol–water partition coefficient (Wildman–Crippen LogP) is 3.60. The highest BCUT2D eigenvalue weighted by Crippen LogP contribution is 2.32. The van der Waals surface area contributed by atoms with Gasteiger partial charge in [0, 0.05) is 29.2 Å². The Kier molecular flexibility index (Phi) is 4.55. The number of halogens is 1. The molecule has 24 heavy (non-hydrogen) atoms. The molecule has 0 saturated heterocycles. The third-order valence-corrected chi connectivity index (χ3v) is 5.48. The number of carbonyl (C=O) groups is 1. The first-order chi connectivity index (χ1) is 11.5. The molecule has 1 heterocycles. The Morgan fingerprint density at radius 2 is 2.12 bits per heavy atom. The first-order valence-electron chi connectivity index (χ1n) is 7.30. The molecule has 1 N–H and O–H groups in total. The van der Waals surface area contributed by atoms with Crippen LogP contribution in [0.3, 0.4) is 0 Å². The lowest BCUT2D eigenvalue weighted by atomic mass is 10.1. The Hall–Kier alpha value is -2.38. The van der Waals surface area contributed by atoms with E-state index in [4.69, 9.17) is 9.63 Å². The third kappa shape index (κ3) is 2.88. The van der Waals surface area contributed by atoms with Crippen LogP contribution in [0.1, 0.15) is 13.3 Å². The topological polar surface area (TPSA) is 86.4 Å². The van der Waals surface area contributed by atoms with Crippen molar-refractivity contribution in [1.29, 1.82) is 0 Å². The molecule has 1 aromatic heterocycles. The minimum Gasteiger partial charge on any atom is -0.611 e. The van der Waals surface area contributed by atoms with E-state index in [-0.39, 0.29) is 6.42 Å². The number of hydrogen-bond donors (Lipinski definition) is 1. The van der Waals surface area contributed by atoms with E-state index >= 15 is 0 Å². The average molecular weight is 347 g/mol. The molecule has 124 valence electrons. The molecule has 0 aliphatic rings. The van der Waals surface area contributed by atoms with Crippen molar-refractivity contribution in [2.45, 2.75) is 23.5 Å². The van der Waals surface area contributed by atoms with Gasteiger partial charge in [0.2, 0.25) is 5.25 Å². The minimum atomic E-state index is -1.71. The molecule has 0 radical (unpaired) electrons.